The molecule has 2 atom stereocenters. The van der Waals surface area contributed by atoms with E-state index in [4.69, 9.17) is 11.6 Å². The monoisotopic (exact) mass is 588 g/mol. The Balaban J connectivity index is 2.32. The quantitative estimate of drug-likeness (QED) is 0.137. The predicted octanol–water partition coefficient (Wildman–Crippen LogP) is 7.45. The van der Waals surface area contributed by atoms with Crippen LogP contribution in [0.3, 0.4) is 0 Å². The first kappa shape index (κ1) is 32.4. The number of aliphatic imine (C=N–C) groups is 1. The van der Waals surface area contributed by atoms with Gasteiger partial charge in [0.1, 0.15) is 5.84 Å². The van der Waals surface area contributed by atoms with Crippen LogP contribution in [0.1, 0.15) is 45.6 Å². The molecule has 41 heavy (non-hydrogen) atoms. The molecule has 222 valence electrons. The third kappa shape index (κ3) is 7.04. The molecule has 1 aliphatic carbocycles. The highest BCUT2D eigenvalue weighted by molar-refractivity contribution is 6.31. The van der Waals surface area contributed by atoms with E-state index in [1.807, 2.05) is 38.1 Å². The van der Waals surface area contributed by atoms with Crippen molar-refractivity contribution in [1.29, 1.82) is 0 Å². The van der Waals surface area contributed by atoms with Crippen LogP contribution in [0.25, 0.3) is 0 Å². The molecule has 1 heterocycles. The Hall–Kier alpha value is -3.10. The number of anilines is 1. The van der Waals surface area contributed by atoms with E-state index in [1.54, 1.807) is 31.0 Å². The van der Waals surface area contributed by atoms with Gasteiger partial charge in [-0.2, -0.15) is 13.2 Å². The first-order valence-corrected chi connectivity index (χ1v) is 14.2. The average Bonchev–Trinajstić information content (AvgIpc) is 2.91. The number of benzene rings is 1. The molecule has 0 bridgehead atoms. The van der Waals surface area contributed by atoms with E-state index in [9.17, 15) is 18.0 Å². The Bertz CT molecular complexity index is 1290. The fourth-order valence-corrected chi connectivity index (χ4v) is 6.00. The van der Waals surface area contributed by atoms with Gasteiger partial charge in [0.05, 0.1) is 11.3 Å². The minimum absolute atomic E-state index is 0.00116. The number of piperazine rings is 1. The van der Waals surface area contributed by atoms with Crippen molar-refractivity contribution in [3.8, 4) is 0 Å². The zero-order valence-electron chi connectivity index (χ0n) is 24.7. The van der Waals surface area contributed by atoms with E-state index < -0.39 is 17.7 Å². The van der Waals surface area contributed by atoms with Crippen molar-refractivity contribution in [2.24, 2.45) is 10.9 Å². The van der Waals surface area contributed by atoms with Crippen molar-refractivity contribution in [2.45, 2.75) is 52.3 Å². The van der Waals surface area contributed by atoms with Gasteiger partial charge >= 0.3 is 6.18 Å². The summed E-state index contributed by atoms with van der Waals surface area (Å²) in [7, 11) is 3.75. The minimum Gasteiger partial charge on any atom is -0.351 e. The molecular weight excluding hydrogens is 549 g/mol. The summed E-state index contributed by atoms with van der Waals surface area (Å²) in [6.07, 6.45) is 1.67. The molecule has 1 aliphatic heterocycles. The smallest absolute Gasteiger partial charge is 0.351 e. The van der Waals surface area contributed by atoms with Gasteiger partial charge in [-0.15, -0.1) is 0 Å². The first-order chi connectivity index (χ1) is 19.4. The lowest BCUT2D eigenvalue weighted by molar-refractivity contribution is -0.107. The zero-order chi connectivity index (χ0) is 30.5. The molecule has 9 heteroatoms. The van der Waals surface area contributed by atoms with Gasteiger partial charge in [0.2, 0.25) is 6.41 Å². The Morgan fingerprint density at radius 1 is 1.24 bits per heavy atom. The van der Waals surface area contributed by atoms with E-state index in [-0.39, 0.29) is 29.0 Å². The number of allylic oxidation sites excluding steroid dienone is 7. The fraction of sp³-hybridized carbons (Fsp3) is 0.438. The Morgan fingerprint density at radius 3 is 2.46 bits per heavy atom. The normalized spacial score (nSPS) is 21.8. The van der Waals surface area contributed by atoms with Crippen LogP contribution in [0, 0.1) is 5.92 Å². The van der Waals surface area contributed by atoms with Gasteiger partial charge in [0, 0.05) is 61.4 Å². The number of hydrogen-bond donors (Lipinski definition) is 0. The number of likely N-dealkylation sites (N-methyl/N-ethyl adjacent to an activating group) is 1. The van der Waals surface area contributed by atoms with E-state index in [1.165, 1.54) is 6.08 Å². The summed E-state index contributed by atoms with van der Waals surface area (Å²) in [5, 5.41) is 0.242. The van der Waals surface area contributed by atoms with E-state index in [0.717, 1.165) is 31.1 Å². The van der Waals surface area contributed by atoms with Crippen LogP contribution in [0.2, 0.25) is 0 Å². The second-order valence-electron chi connectivity index (χ2n) is 10.8. The third-order valence-corrected chi connectivity index (χ3v) is 8.01. The third-order valence-electron chi connectivity index (χ3n) is 7.64. The van der Waals surface area contributed by atoms with Crippen LogP contribution in [-0.2, 0) is 4.79 Å². The summed E-state index contributed by atoms with van der Waals surface area (Å²) < 4.78 is 42.4. The molecule has 0 saturated carbocycles. The second kappa shape index (κ2) is 13.7. The second-order valence-corrected chi connectivity index (χ2v) is 11.2. The standard InChI is InChI=1S/C32H40ClF3N4O/c1-8-12-24(27(9-2)32(34,35)36)25-18-30(40(20-41)29-14-11-10-13-23(29)21(3)4)26(17-28(25)33)31(37-6)39-16-15-38(7)19-22(39)5/h8-14,17,20-22,25H,2,15-16,18-19H2,1,3-7H3/b12-8-,27-24-,37-31?. The first-order valence-electron chi connectivity index (χ1n) is 13.8. The summed E-state index contributed by atoms with van der Waals surface area (Å²) in [5.41, 5.74) is 1.93. The van der Waals surface area contributed by atoms with Gasteiger partial charge in [-0.05, 0) is 50.1 Å². The summed E-state index contributed by atoms with van der Waals surface area (Å²) >= 11 is 6.87. The molecule has 2 aliphatic rings. The highest BCUT2D eigenvalue weighted by Crippen LogP contribution is 2.44. The Labute approximate surface area is 247 Å². The van der Waals surface area contributed by atoms with Crippen LogP contribution in [0.5, 0.6) is 0 Å². The van der Waals surface area contributed by atoms with Crippen LogP contribution in [0.4, 0.5) is 18.9 Å². The highest BCUT2D eigenvalue weighted by Gasteiger charge is 2.39. The molecule has 0 radical (unpaired) electrons. The molecule has 5 nitrogen and oxygen atoms in total. The fourth-order valence-electron chi connectivity index (χ4n) is 5.69. The predicted molar refractivity (Wildman–Crippen MR) is 163 cm³/mol. The van der Waals surface area contributed by atoms with Crippen molar-refractivity contribution in [3.05, 3.63) is 88.2 Å². The molecule has 1 fully saturated rings. The maximum Gasteiger partial charge on any atom is 0.416 e. The lowest BCUT2D eigenvalue weighted by Crippen LogP contribution is -2.53. The van der Waals surface area contributed by atoms with Crippen LogP contribution >= 0.6 is 11.6 Å². The SMILES string of the molecule is C=C/C(=C(\C=C/C)C1CC(N(C=O)c2ccccc2C(C)C)=C(C(=NC)N2CCN(C)CC2C)C=C1Cl)C(F)(F)F. The largest absolute Gasteiger partial charge is 0.416 e. The molecule has 2 unspecified atom stereocenters. The topological polar surface area (TPSA) is 39.2 Å². The number of alkyl halides is 3. The molecule has 1 amide bonds. The van der Waals surface area contributed by atoms with Gasteiger partial charge in [-0.25, -0.2) is 0 Å². The number of amides is 1. The van der Waals surface area contributed by atoms with Gasteiger partial charge in [0.25, 0.3) is 0 Å². The van der Waals surface area contributed by atoms with Gasteiger partial charge in [-0.1, -0.05) is 68.5 Å². The summed E-state index contributed by atoms with van der Waals surface area (Å²) in [6, 6.07) is 7.70. The molecule has 0 N–H and O–H groups in total. The molecule has 0 aromatic heterocycles. The lowest BCUT2D eigenvalue weighted by atomic mass is 9.83. The van der Waals surface area contributed by atoms with Crippen molar-refractivity contribution in [2.75, 3.05) is 38.6 Å². The number of rotatable bonds is 8. The number of halogens is 4. The van der Waals surface area contributed by atoms with Gasteiger partial charge in [0.15, 0.2) is 0 Å². The van der Waals surface area contributed by atoms with Gasteiger partial charge < -0.3 is 9.80 Å². The number of carbonyl (C=O) groups is 1. The van der Waals surface area contributed by atoms with Crippen LogP contribution in [-0.4, -0.2) is 68.0 Å². The van der Waals surface area contributed by atoms with Crippen LogP contribution in [0.15, 0.2) is 87.6 Å². The Morgan fingerprint density at radius 2 is 1.93 bits per heavy atom. The zero-order valence-corrected chi connectivity index (χ0v) is 25.4. The van der Waals surface area contributed by atoms with E-state index in [0.29, 0.717) is 29.3 Å². The lowest BCUT2D eigenvalue weighted by Gasteiger charge is -2.42. The molecule has 1 saturated heterocycles. The van der Waals surface area contributed by atoms with E-state index >= 15 is 0 Å². The van der Waals surface area contributed by atoms with Crippen molar-refractivity contribution in [1.82, 2.24) is 9.80 Å². The number of hydrogen-bond acceptors (Lipinski definition) is 3. The number of amidine groups is 1. The van der Waals surface area contributed by atoms with Crippen molar-refractivity contribution < 1.29 is 18.0 Å². The number of para-hydroxylation sites is 1. The number of nitrogens with zero attached hydrogens (tertiary/aromatic N) is 4. The minimum atomic E-state index is -4.63. The summed E-state index contributed by atoms with van der Waals surface area (Å²) in [4.78, 5) is 23.5. The Kier molecular flexibility index (Phi) is 10.8. The maximum absolute atomic E-state index is 14.1. The van der Waals surface area contributed by atoms with Crippen LogP contribution < -0.4 is 4.90 Å². The molecule has 0 spiro atoms. The highest BCUT2D eigenvalue weighted by atomic mass is 35.5. The summed E-state index contributed by atoms with van der Waals surface area (Å²) in [6.45, 7) is 13.6. The van der Waals surface area contributed by atoms with Crippen molar-refractivity contribution >= 4 is 29.5 Å². The maximum atomic E-state index is 14.1. The molecular formula is C32H40ClF3N4O. The van der Waals surface area contributed by atoms with Gasteiger partial charge in [-0.3, -0.25) is 14.7 Å². The van der Waals surface area contributed by atoms with E-state index in [2.05, 4.69) is 35.3 Å². The molecule has 1 aromatic rings. The molecule has 3 rings (SSSR count). The van der Waals surface area contributed by atoms with Crippen molar-refractivity contribution in [3.63, 3.8) is 0 Å². The molecule has 1 aromatic carbocycles. The average molecular weight is 589 g/mol. The number of carbonyl (C=O) groups excluding carboxylic acids is 1. The summed E-state index contributed by atoms with van der Waals surface area (Å²) in [5.74, 6) is -0.0930.